The molecule has 1 aromatic carbocycles. The molecule has 0 bridgehead atoms. The zero-order valence-corrected chi connectivity index (χ0v) is 21.7. The molecule has 11 N–H and O–H groups in total. The topological polar surface area (TPSA) is 411 Å². The summed E-state index contributed by atoms with van der Waals surface area (Å²) in [4.78, 5) is 47.5. The summed E-state index contributed by atoms with van der Waals surface area (Å²) in [5.74, 6) is 0.217. The van der Waals surface area contributed by atoms with E-state index >= 15 is 0 Å². The van der Waals surface area contributed by atoms with Crippen LogP contribution in [0, 0.1) is 46.0 Å². The molecule has 2 rings (SSSR count). The average Bonchev–Trinajstić information content (AvgIpc) is 2.59. The van der Waals surface area contributed by atoms with Crippen molar-refractivity contribution in [3.05, 3.63) is 81.9 Å². The van der Waals surface area contributed by atoms with Crippen molar-refractivity contribution < 1.29 is 57.0 Å². The normalized spacial score (nSPS) is 11.7. The van der Waals surface area contributed by atoms with E-state index in [2.05, 4.69) is 5.32 Å². The van der Waals surface area contributed by atoms with E-state index in [-0.39, 0.29) is 72.0 Å². The molecule has 22 heteroatoms. The summed E-state index contributed by atoms with van der Waals surface area (Å²) in [6, 6.07) is 9.45. The number of rotatable bonds is 3. The molecule has 1 aliphatic rings. The number of nitrogens with one attached hydrogen (secondary N) is 1. The average molecular weight is 732 g/mol. The van der Waals surface area contributed by atoms with Gasteiger partial charge in [0.05, 0.1) is 15.3 Å². The van der Waals surface area contributed by atoms with Crippen molar-refractivity contribution in [2.24, 2.45) is 0 Å². The van der Waals surface area contributed by atoms with Crippen LogP contribution in [0.5, 0.6) is 0 Å². The number of nitrogens with zero attached hydrogens (tertiary/aromatic N) is 3. The minimum atomic E-state index is -1.75. The molecule has 0 heterocycles. The van der Waals surface area contributed by atoms with Gasteiger partial charge in [0.25, 0.3) is 0 Å². The summed E-state index contributed by atoms with van der Waals surface area (Å²) in [7, 11) is 0. The van der Waals surface area contributed by atoms with Gasteiger partial charge in [0.2, 0.25) is 0 Å². The molecule has 1 unspecified atom stereocenters. The Morgan fingerprint density at radius 3 is 1.61 bits per heavy atom. The molecule has 210 valence electrons. The minimum Gasteiger partial charge on any atom is -0.445 e. The van der Waals surface area contributed by atoms with Crippen LogP contribution in [0.15, 0.2) is 30.3 Å². The molecule has 1 fully saturated rings. The summed E-state index contributed by atoms with van der Waals surface area (Å²) in [5.41, 5.74) is 0.951. The number of carbonyl (C=O) groups is 2. The van der Waals surface area contributed by atoms with Gasteiger partial charge in [-0.1, -0.05) is 30.3 Å². The molecule has 0 saturated heterocycles. The van der Waals surface area contributed by atoms with Gasteiger partial charge in [-0.2, -0.15) is 0 Å². The van der Waals surface area contributed by atoms with Crippen LogP contribution < -0.4 is 5.32 Å². The van der Waals surface area contributed by atoms with Crippen molar-refractivity contribution in [2.75, 3.05) is 0 Å². The van der Waals surface area contributed by atoms with E-state index in [0.29, 0.717) is 12.8 Å². The molecule has 0 spiro atoms. The first-order valence-corrected chi connectivity index (χ1v) is 7.87. The van der Waals surface area contributed by atoms with Gasteiger partial charge in [-0.25, -0.2) is 4.79 Å². The summed E-state index contributed by atoms with van der Waals surface area (Å²) >= 11 is 0. The van der Waals surface area contributed by atoms with Gasteiger partial charge in [-0.15, -0.1) is 0 Å². The Kier molecular flexibility index (Phi) is 50.1. The van der Waals surface area contributed by atoms with E-state index in [4.69, 9.17) is 50.7 Å². The Hall–Kier alpha value is -3.56. The first-order chi connectivity index (χ1) is 13.9. The zero-order chi connectivity index (χ0) is 23.5. The van der Waals surface area contributed by atoms with Gasteiger partial charge in [-0.3, -0.25) is 4.79 Å². The molecule has 2 radical (unpaired) electrons. The molecule has 36 heavy (non-hydrogen) atoms. The Balaban J connectivity index is -0.0000000624. The molecule has 0 aliphatic heterocycles. The third-order valence-electron chi connectivity index (χ3n) is 3.02. The molecule has 1 amide bonds. The predicted molar refractivity (Wildman–Crippen MR) is 122 cm³/mol. The SMILES string of the molecule is O.O.O.O.O.O=C1CCCC(NC(=O)OCc2ccccc2)C1.O=[N+]([O-])[O-].O=[N+]([O-])[O-].O=[N+]([O-])[O-].[Bi+3]. The van der Waals surface area contributed by atoms with E-state index in [1.165, 1.54) is 0 Å². The van der Waals surface area contributed by atoms with E-state index in [1.807, 2.05) is 30.3 Å². The summed E-state index contributed by atoms with van der Waals surface area (Å²) in [6.07, 6.45) is 2.32. The quantitative estimate of drug-likeness (QED) is 0.187. The zero-order valence-electron chi connectivity index (χ0n) is 18.2. The van der Waals surface area contributed by atoms with Crippen LogP contribution >= 0.6 is 0 Å². The molecular formula is C14H27BiN4O17. The number of benzene rings is 1. The molecule has 1 aromatic rings. The van der Waals surface area contributed by atoms with Gasteiger partial charge in [0.1, 0.15) is 12.4 Å². The second-order valence-electron chi connectivity index (χ2n) is 5.21. The van der Waals surface area contributed by atoms with Crippen LogP contribution in [0.25, 0.3) is 0 Å². The number of ketones is 1. The minimum absolute atomic E-state index is 0. The Morgan fingerprint density at radius 2 is 1.25 bits per heavy atom. The third kappa shape index (κ3) is 48.0. The molecule has 0 aromatic heterocycles. The number of Topliss-reactive ketones (excluding diaryl/α,β-unsaturated/α-hetero) is 1. The number of ether oxygens (including phenoxy) is 1. The van der Waals surface area contributed by atoms with Gasteiger partial charge < -0.3 is 83.4 Å². The van der Waals surface area contributed by atoms with Gasteiger partial charge in [0, 0.05) is 18.9 Å². The fraction of sp³-hybridized carbons (Fsp3) is 0.429. The van der Waals surface area contributed by atoms with E-state index in [1.54, 1.807) is 0 Å². The van der Waals surface area contributed by atoms with Crippen molar-refractivity contribution >= 4 is 38.1 Å². The number of amides is 1. The first-order valence-electron chi connectivity index (χ1n) is 7.87. The van der Waals surface area contributed by atoms with Gasteiger partial charge in [-0.05, 0) is 18.4 Å². The standard InChI is InChI=1S/C14H17NO3.Bi.3NO3.5H2O/c16-13-8-4-7-12(9-13)15-14(17)18-10-11-5-2-1-3-6-11;;3*2-1(3)4;;;;;/h1-3,5-6,12H,4,7-10H2,(H,15,17);;;;;5*1H2/q;+3;3*-1;;;;;. The van der Waals surface area contributed by atoms with Crippen molar-refractivity contribution in [3.8, 4) is 0 Å². The van der Waals surface area contributed by atoms with Crippen LogP contribution in [-0.2, 0) is 16.1 Å². The van der Waals surface area contributed by atoms with Crippen LogP contribution in [0.4, 0.5) is 4.79 Å². The largest absolute Gasteiger partial charge is 3.00 e. The van der Waals surface area contributed by atoms with Crippen molar-refractivity contribution in [2.45, 2.75) is 38.3 Å². The summed E-state index contributed by atoms with van der Waals surface area (Å²) in [5, 5.41) is 47.0. The number of hydrogen-bond donors (Lipinski definition) is 1. The number of hydrogen-bond acceptors (Lipinski definition) is 12. The Morgan fingerprint density at radius 1 is 0.861 bits per heavy atom. The molecular weight excluding hydrogens is 705 g/mol. The van der Waals surface area contributed by atoms with Gasteiger partial charge in [0.15, 0.2) is 0 Å². The maximum absolute atomic E-state index is 11.5. The van der Waals surface area contributed by atoms with E-state index in [0.717, 1.165) is 18.4 Å². The van der Waals surface area contributed by atoms with Crippen LogP contribution in [-0.4, -0.2) is 86.8 Å². The first kappa shape index (κ1) is 53.7. The predicted octanol–water partition coefficient (Wildman–Crippen LogP) is -2.80. The smallest absolute Gasteiger partial charge is 0.445 e. The van der Waals surface area contributed by atoms with Crippen molar-refractivity contribution in [3.63, 3.8) is 0 Å². The molecule has 21 nitrogen and oxygen atoms in total. The summed E-state index contributed by atoms with van der Waals surface area (Å²) < 4.78 is 5.10. The van der Waals surface area contributed by atoms with Crippen LogP contribution in [0.3, 0.4) is 0 Å². The number of alkyl carbamates (subject to hydrolysis) is 1. The van der Waals surface area contributed by atoms with Gasteiger partial charge >= 0.3 is 32.3 Å². The second kappa shape index (κ2) is 33.6. The summed E-state index contributed by atoms with van der Waals surface area (Å²) in [6.45, 7) is 0.257. The maximum Gasteiger partial charge on any atom is 3.00 e. The van der Waals surface area contributed by atoms with Crippen LogP contribution in [0.2, 0.25) is 0 Å². The number of carbonyl (C=O) groups excluding carboxylic acids is 2. The fourth-order valence-electron chi connectivity index (χ4n) is 2.08. The maximum atomic E-state index is 11.5. The van der Waals surface area contributed by atoms with Crippen LogP contribution in [0.1, 0.15) is 31.2 Å². The van der Waals surface area contributed by atoms with E-state index < -0.39 is 21.4 Å². The fourth-order valence-corrected chi connectivity index (χ4v) is 2.08. The Bertz CT molecular complexity index is 657. The molecule has 1 saturated carbocycles. The van der Waals surface area contributed by atoms with Crippen molar-refractivity contribution in [1.82, 2.24) is 5.32 Å². The Labute approximate surface area is 220 Å². The second-order valence-corrected chi connectivity index (χ2v) is 5.21. The van der Waals surface area contributed by atoms with Crippen molar-refractivity contribution in [1.29, 1.82) is 0 Å². The van der Waals surface area contributed by atoms with E-state index in [9.17, 15) is 9.59 Å². The molecule has 1 aliphatic carbocycles. The third-order valence-corrected chi connectivity index (χ3v) is 3.02. The molecule has 1 atom stereocenters. The monoisotopic (exact) mass is 732 g/mol.